The van der Waals surface area contributed by atoms with Gasteiger partial charge in [-0.3, -0.25) is 4.79 Å². The first-order valence-corrected chi connectivity index (χ1v) is 5.75. The van der Waals surface area contributed by atoms with Crippen LogP contribution < -0.4 is 28.5 Å². The molecule has 96 valence electrons. The van der Waals surface area contributed by atoms with Crippen molar-refractivity contribution in [3.05, 3.63) is 60.7 Å². The van der Waals surface area contributed by atoms with Crippen molar-refractivity contribution in [3.63, 3.8) is 0 Å². The number of rotatable bonds is 3. The monoisotopic (exact) mass is 365 g/mol. The first kappa shape index (κ1) is 13.7. The van der Waals surface area contributed by atoms with Gasteiger partial charge in [-0.15, -0.1) is 0 Å². The Morgan fingerprint density at radius 1 is 1.11 bits per heavy atom. The van der Waals surface area contributed by atoms with Crippen molar-refractivity contribution >= 4 is 16.8 Å². The minimum atomic E-state index is -0.0256. The van der Waals surface area contributed by atoms with Crippen LogP contribution in [0, 0.1) is 0 Å². The summed E-state index contributed by atoms with van der Waals surface area (Å²) in [5.41, 5.74) is 1.71. The van der Waals surface area contributed by atoms with Crippen LogP contribution in [0.2, 0.25) is 0 Å². The van der Waals surface area contributed by atoms with Crippen LogP contribution in [0.1, 0.15) is 10.6 Å². The molecule has 0 fully saturated rings. The third-order valence-electron chi connectivity index (χ3n) is 2.76. The molecule has 0 unspecified atom stereocenters. The number of Topliss-reactive ketones (excluding diaryl/α,β-unsaturated/α-hetero) is 1. The average Bonchev–Trinajstić information content (AvgIpc) is 2.84. The van der Waals surface area contributed by atoms with Gasteiger partial charge >= 0.3 is 0 Å². The maximum atomic E-state index is 12.1. The van der Waals surface area contributed by atoms with Gasteiger partial charge in [-0.1, -0.05) is 18.2 Å². The van der Waals surface area contributed by atoms with E-state index in [1.165, 1.54) is 0 Å². The molecule has 5 heteroatoms. The third-order valence-corrected chi connectivity index (χ3v) is 2.76. The summed E-state index contributed by atoms with van der Waals surface area (Å²) in [7, 11) is 0. The van der Waals surface area contributed by atoms with E-state index in [0.717, 1.165) is 11.0 Å². The minimum Gasteiger partial charge on any atom is -1.00 e. The van der Waals surface area contributed by atoms with Crippen LogP contribution in [0.25, 0.3) is 11.0 Å². The molecule has 4 nitrogen and oxygen atoms in total. The van der Waals surface area contributed by atoms with Crippen LogP contribution in [0.5, 0.6) is 0 Å². The summed E-state index contributed by atoms with van der Waals surface area (Å²) in [5.74, 6) is 0.384. The van der Waals surface area contributed by atoms with Gasteiger partial charge in [-0.05, 0) is 12.1 Å². The van der Waals surface area contributed by atoms with E-state index in [-0.39, 0.29) is 29.8 Å². The molecule has 1 N–H and O–H groups in total. The Kier molecular flexibility index (Phi) is 4.26. The summed E-state index contributed by atoms with van der Waals surface area (Å²) in [6.07, 6.45) is 3.72. The quantitative estimate of drug-likeness (QED) is 0.358. The molecule has 2 aromatic heterocycles. The van der Waals surface area contributed by atoms with Gasteiger partial charge in [0, 0.05) is 12.1 Å². The molecule has 2 heterocycles. The van der Waals surface area contributed by atoms with Crippen molar-refractivity contribution in [3.8, 4) is 0 Å². The van der Waals surface area contributed by atoms with Gasteiger partial charge in [0.25, 0.3) is 5.78 Å². The number of halogens is 1. The maximum absolute atomic E-state index is 12.1. The number of aromatic nitrogens is 3. The van der Waals surface area contributed by atoms with Gasteiger partial charge < -0.3 is 29.0 Å². The van der Waals surface area contributed by atoms with Gasteiger partial charge in [0.15, 0.2) is 18.2 Å². The first-order chi connectivity index (χ1) is 8.83. The molecule has 3 rings (SSSR count). The molecule has 0 radical (unpaired) electrons. The number of ketones is 1. The second-order valence-corrected chi connectivity index (χ2v) is 4.07. The number of aromatic amines is 1. The Balaban J connectivity index is 0.00000133. The highest BCUT2D eigenvalue weighted by Gasteiger charge is 2.15. The van der Waals surface area contributed by atoms with Gasteiger partial charge in [0.1, 0.15) is 0 Å². The summed E-state index contributed by atoms with van der Waals surface area (Å²) >= 11 is 0. The van der Waals surface area contributed by atoms with E-state index >= 15 is 0 Å². The number of para-hydroxylation sites is 2. The predicted molar refractivity (Wildman–Crippen MR) is 67.1 cm³/mol. The van der Waals surface area contributed by atoms with Gasteiger partial charge in [-0.2, -0.15) is 4.57 Å². The summed E-state index contributed by atoms with van der Waals surface area (Å²) in [5, 5.41) is 0. The molecule has 0 aliphatic heterocycles. The standard InChI is InChI=1S/C14H11N3O.HI/c18-13(10-17-8-4-1-5-9-17)14-15-11-6-2-3-7-12(11)16-14;/h1-9H,10H2;1H. The number of hydrogen-bond acceptors (Lipinski definition) is 2. The Bertz CT molecular complexity index is 661. The van der Waals surface area contributed by atoms with Gasteiger partial charge in [0.2, 0.25) is 6.54 Å². The maximum Gasteiger partial charge on any atom is 0.262 e. The Morgan fingerprint density at radius 2 is 1.84 bits per heavy atom. The van der Waals surface area contributed by atoms with Crippen molar-refractivity contribution in [1.82, 2.24) is 9.97 Å². The molecule has 0 saturated carbocycles. The lowest BCUT2D eigenvalue weighted by molar-refractivity contribution is -0.683. The number of imidazole rings is 1. The van der Waals surface area contributed by atoms with Crippen LogP contribution in [-0.2, 0) is 6.54 Å². The summed E-state index contributed by atoms with van der Waals surface area (Å²) in [4.78, 5) is 19.4. The zero-order valence-corrected chi connectivity index (χ0v) is 12.2. The molecular weight excluding hydrogens is 353 g/mol. The molecule has 0 spiro atoms. The molecule has 0 amide bonds. The molecule has 1 aromatic carbocycles. The van der Waals surface area contributed by atoms with Crippen molar-refractivity contribution in [1.29, 1.82) is 0 Å². The van der Waals surface area contributed by atoms with Gasteiger partial charge in [0.05, 0.1) is 11.0 Å². The molecule has 3 aromatic rings. The molecule has 0 atom stereocenters. The Hall–Kier alpha value is -1.76. The Labute approximate surface area is 127 Å². The van der Waals surface area contributed by atoms with Crippen LogP contribution in [0.15, 0.2) is 54.9 Å². The lowest BCUT2D eigenvalue weighted by Gasteiger charge is -1.93. The number of benzene rings is 1. The molecule has 0 aliphatic carbocycles. The lowest BCUT2D eigenvalue weighted by atomic mass is 10.3. The van der Waals surface area contributed by atoms with E-state index in [1.807, 2.05) is 59.4 Å². The SMILES string of the molecule is O=C(C[n+]1ccccc1)c1nc2ccccc2[nH]1.[I-]. The fraction of sp³-hybridized carbons (Fsp3) is 0.0714. The highest BCUT2D eigenvalue weighted by molar-refractivity contribution is 5.94. The van der Waals surface area contributed by atoms with Gasteiger partial charge in [-0.25, -0.2) is 4.98 Å². The minimum absolute atomic E-state index is 0. The number of fused-ring (bicyclic) bond motifs is 1. The average molecular weight is 365 g/mol. The molecule has 0 aliphatic rings. The van der Waals surface area contributed by atoms with E-state index in [1.54, 1.807) is 0 Å². The van der Waals surface area contributed by atoms with Crippen molar-refractivity contribution < 1.29 is 33.3 Å². The second-order valence-electron chi connectivity index (χ2n) is 4.07. The number of pyridine rings is 1. The summed E-state index contributed by atoms with van der Waals surface area (Å²) < 4.78 is 1.83. The predicted octanol–water partition coefficient (Wildman–Crippen LogP) is -1.26. The topological polar surface area (TPSA) is 49.6 Å². The number of nitrogens with zero attached hydrogens (tertiary/aromatic N) is 2. The summed E-state index contributed by atoms with van der Waals surface area (Å²) in [6.45, 7) is 0.292. The number of carbonyl (C=O) groups excluding carboxylic acids is 1. The number of hydrogen-bond donors (Lipinski definition) is 1. The molecule has 19 heavy (non-hydrogen) atoms. The number of nitrogens with one attached hydrogen (secondary N) is 1. The molecule has 0 saturated heterocycles. The number of carbonyl (C=O) groups is 1. The lowest BCUT2D eigenvalue weighted by Crippen LogP contribution is -3.00. The van der Waals surface area contributed by atoms with E-state index in [0.29, 0.717) is 12.4 Å². The third kappa shape index (κ3) is 2.98. The molecular formula is C14H12IN3O. The fourth-order valence-electron chi connectivity index (χ4n) is 1.87. The molecule has 0 bridgehead atoms. The zero-order valence-electron chi connectivity index (χ0n) is 10.1. The normalized spacial score (nSPS) is 10.1. The second kappa shape index (κ2) is 5.92. The van der Waals surface area contributed by atoms with Crippen LogP contribution in [0.4, 0.5) is 0 Å². The van der Waals surface area contributed by atoms with Crippen LogP contribution in [0.3, 0.4) is 0 Å². The zero-order chi connectivity index (χ0) is 12.4. The van der Waals surface area contributed by atoms with Crippen LogP contribution >= 0.6 is 0 Å². The smallest absolute Gasteiger partial charge is 0.262 e. The van der Waals surface area contributed by atoms with E-state index in [9.17, 15) is 4.79 Å². The van der Waals surface area contributed by atoms with Crippen molar-refractivity contribution in [2.45, 2.75) is 6.54 Å². The van der Waals surface area contributed by atoms with Crippen molar-refractivity contribution in [2.75, 3.05) is 0 Å². The summed E-state index contributed by atoms with van der Waals surface area (Å²) in [6, 6.07) is 13.3. The first-order valence-electron chi connectivity index (χ1n) is 5.75. The number of H-pyrrole nitrogens is 1. The van der Waals surface area contributed by atoms with E-state index in [2.05, 4.69) is 9.97 Å². The fourth-order valence-corrected chi connectivity index (χ4v) is 1.87. The van der Waals surface area contributed by atoms with E-state index in [4.69, 9.17) is 0 Å². The Morgan fingerprint density at radius 3 is 2.58 bits per heavy atom. The largest absolute Gasteiger partial charge is 1.00 e. The van der Waals surface area contributed by atoms with Crippen LogP contribution in [-0.4, -0.2) is 15.8 Å². The highest BCUT2D eigenvalue weighted by Crippen LogP contribution is 2.10. The highest BCUT2D eigenvalue weighted by atomic mass is 127. The van der Waals surface area contributed by atoms with Crippen molar-refractivity contribution in [2.24, 2.45) is 0 Å². The van der Waals surface area contributed by atoms with E-state index < -0.39 is 0 Å².